The molecule has 1 aromatic carbocycles. The van der Waals surface area contributed by atoms with Crippen molar-refractivity contribution in [3.8, 4) is 0 Å². The standard InChI is InChI=1S/C22H37N3.C16H26N2O.C16H24N2O.2C10H15N/c1-6-18-17-20(7-8-21(18)22(2,3)4)24-11-9-19(10-12-24)25-15-13-23(5)14-16-25;2*1-16(2,3)14-6-7-17-15(13-14)5-4-8-18-9-11-19-12-10-18;2*1-8-7-9(5-6-11-8)10(2,3)4/h7-8,17,19H,6,9-16H2,1-5H3;6-7,13H,4-5,8-12H2,1-3H3;4-7,13H,8-12H2,1-3H3;2*5-7H,1-4H3/b;;5-4+;;. The number of piperazine rings is 1. The van der Waals surface area contributed by atoms with Gasteiger partial charge in [-0.3, -0.25) is 34.6 Å². The molecule has 0 aliphatic carbocycles. The van der Waals surface area contributed by atoms with Crippen molar-refractivity contribution in [2.24, 2.45) is 0 Å². The third-order valence-electron chi connectivity index (χ3n) is 16.8. The molecule has 9 rings (SSSR count). The summed E-state index contributed by atoms with van der Waals surface area (Å²) in [6.45, 7) is 57.2. The lowest BCUT2D eigenvalue weighted by Gasteiger charge is -2.42. The lowest BCUT2D eigenvalue weighted by molar-refractivity contribution is 0.0374. The van der Waals surface area contributed by atoms with Gasteiger partial charge in [-0.05, 0) is 187 Å². The monoisotopic (exact) mass is 1160 g/mol. The van der Waals surface area contributed by atoms with E-state index in [9.17, 15) is 0 Å². The Balaban J connectivity index is 0.000000201. The topological polar surface area (TPSA) is 86.2 Å². The van der Waals surface area contributed by atoms with Gasteiger partial charge in [0, 0.05) is 126 Å². The smallest absolute Gasteiger partial charge is 0.0629 e. The van der Waals surface area contributed by atoms with E-state index in [-0.39, 0.29) is 27.1 Å². The Kier molecular flexibility index (Phi) is 27.9. The van der Waals surface area contributed by atoms with Gasteiger partial charge in [0.05, 0.1) is 32.1 Å². The number of aryl methyl sites for hydroxylation is 4. The second-order valence-corrected chi connectivity index (χ2v) is 29.3. The second kappa shape index (κ2) is 33.5. The van der Waals surface area contributed by atoms with Crippen LogP contribution < -0.4 is 4.90 Å². The number of rotatable bonds is 10. The van der Waals surface area contributed by atoms with Crippen LogP contribution in [-0.2, 0) is 49.4 Å². The average Bonchev–Trinajstić information content (AvgIpc) is 3.29. The summed E-state index contributed by atoms with van der Waals surface area (Å²) in [5.41, 5.74) is 15.4. The molecule has 11 nitrogen and oxygen atoms in total. The molecular formula is C74H117N9O2. The highest BCUT2D eigenvalue weighted by Crippen LogP contribution is 2.32. The molecule has 0 spiro atoms. The predicted octanol–water partition coefficient (Wildman–Crippen LogP) is 14.5. The third kappa shape index (κ3) is 25.4. The van der Waals surface area contributed by atoms with Gasteiger partial charge in [0.1, 0.15) is 0 Å². The van der Waals surface area contributed by atoms with E-state index in [2.05, 4.69) is 241 Å². The molecule has 4 aromatic heterocycles. The van der Waals surface area contributed by atoms with Crippen molar-refractivity contribution >= 4 is 11.8 Å². The van der Waals surface area contributed by atoms with Crippen molar-refractivity contribution in [1.82, 2.24) is 39.5 Å². The highest BCUT2D eigenvalue weighted by Gasteiger charge is 2.28. The summed E-state index contributed by atoms with van der Waals surface area (Å²) in [5, 5.41) is 0. The van der Waals surface area contributed by atoms with Crippen LogP contribution in [0.1, 0.15) is 186 Å². The maximum absolute atomic E-state index is 5.36. The van der Waals surface area contributed by atoms with E-state index < -0.39 is 0 Å². The van der Waals surface area contributed by atoms with E-state index in [1.165, 1.54) is 103 Å². The van der Waals surface area contributed by atoms with Crippen molar-refractivity contribution < 1.29 is 9.47 Å². The van der Waals surface area contributed by atoms with Crippen LogP contribution in [0.15, 0.2) is 97.6 Å². The molecule has 0 atom stereocenters. The Morgan fingerprint density at radius 1 is 0.506 bits per heavy atom. The fourth-order valence-corrected chi connectivity index (χ4v) is 11.0. The number of morpholine rings is 2. The normalized spacial score (nSPS) is 17.4. The molecule has 0 unspecified atom stereocenters. The fourth-order valence-electron chi connectivity index (χ4n) is 11.0. The molecule has 0 amide bonds. The van der Waals surface area contributed by atoms with Gasteiger partial charge in [-0.2, -0.15) is 0 Å². The number of anilines is 1. The summed E-state index contributed by atoms with van der Waals surface area (Å²) in [6, 6.07) is 25.1. The minimum Gasteiger partial charge on any atom is -0.379 e. The van der Waals surface area contributed by atoms with E-state index in [0.29, 0.717) is 0 Å². The van der Waals surface area contributed by atoms with Crippen LogP contribution in [0.3, 0.4) is 0 Å². The van der Waals surface area contributed by atoms with Gasteiger partial charge in [0.15, 0.2) is 0 Å². The van der Waals surface area contributed by atoms with E-state index in [1.807, 2.05) is 38.6 Å². The lowest BCUT2D eigenvalue weighted by atomic mass is 9.83. The number of likely N-dealkylation sites (N-methyl/N-ethyl adjacent to an activating group) is 1. The summed E-state index contributed by atoms with van der Waals surface area (Å²) in [5.74, 6) is 0. The Labute approximate surface area is 518 Å². The van der Waals surface area contributed by atoms with E-state index in [4.69, 9.17) is 9.47 Å². The predicted molar refractivity (Wildman–Crippen MR) is 362 cm³/mol. The highest BCUT2D eigenvalue weighted by atomic mass is 16.5. The van der Waals surface area contributed by atoms with Crippen LogP contribution in [0.25, 0.3) is 6.08 Å². The van der Waals surface area contributed by atoms with Gasteiger partial charge in [-0.25, -0.2) is 0 Å². The first-order valence-corrected chi connectivity index (χ1v) is 32.4. The van der Waals surface area contributed by atoms with Crippen LogP contribution in [0.2, 0.25) is 0 Å². The average molecular weight is 1160 g/mol. The summed E-state index contributed by atoms with van der Waals surface area (Å²) in [6.07, 6.45) is 17.9. The second-order valence-electron chi connectivity index (χ2n) is 29.3. The maximum Gasteiger partial charge on any atom is 0.0629 e. The zero-order valence-corrected chi connectivity index (χ0v) is 57.1. The largest absolute Gasteiger partial charge is 0.379 e. The molecule has 470 valence electrons. The Morgan fingerprint density at radius 2 is 0.976 bits per heavy atom. The Bertz CT molecular complexity index is 2670. The van der Waals surface area contributed by atoms with Gasteiger partial charge < -0.3 is 19.3 Å². The lowest BCUT2D eigenvalue weighted by Crippen LogP contribution is -2.52. The van der Waals surface area contributed by atoms with Crippen molar-refractivity contribution in [1.29, 1.82) is 0 Å². The molecule has 0 saturated carbocycles. The number of aromatic nitrogens is 4. The van der Waals surface area contributed by atoms with Gasteiger partial charge >= 0.3 is 0 Å². The number of hydrogen-bond acceptors (Lipinski definition) is 11. The maximum atomic E-state index is 5.36. The molecule has 4 fully saturated rings. The van der Waals surface area contributed by atoms with E-state index >= 15 is 0 Å². The van der Waals surface area contributed by atoms with Crippen molar-refractivity contribution in [3.63, 3.8) is 0 Å². The van der Waals surface area contributed by atoms with Gasteiger partial charge in [0.25, 0.3) is 0 Å². The number of nitrogens with zero attached hydrogens (tertiary/aromatic N) is 9. The molecule has 4 saturated heterocycles. The minimum atomic E-state index is 0.176. The molecule has 4 aliphatic rings. The van der Waals surface area contributed by atoms with Crippen LogP contribution in [0, 0.1) is 13.8 Å². The van der Waals surface area contributed by atoms with Gasteiger partial charge in [-0.1, -0.05) is 123 Å². The van der Waals surface area contributed by atoms with Gasteiger partial charge in [-0.15, -0.1) is 0 Å². The summed E-state index contributed by atoms with van der Waals surface area (Å²) in [7, 11) is 2.24. The molecule has 0 radical (unpaired) electrons. The number of piperidine rings is 1. The van der Waals surface area contributed by atoms with Crippen molar-refractivity contribution in [3.05, 3.63) is 154 Å². The van der Waals surface area contributed by atoms with Crippen LogP contribution in [-0.4, -0.2) is 158 Å². The van der Waals surface area contributed by atoms with Crippen LogP contribution in [0.5, 0.6) is 0 Å². The number of benzene rings is 1. The fraction of sp³-hybridized carbons (Fsp3) is 0.622. The molecule has 85 heavy (non-hydrogen) atoms. The van der Waals surface area contributed by atoms with Crippen molar-refractivity contribution in [2.45, 2.75) is 190 Å². The number of ether oxygens (including phenoxy) is 2. The Hall–Kier alpha value is -4.88. The van der Waals surface area contributed by atoms with E-state index in [1.54, 1.807) is 0 Å². The molecule has 0 N–H and O–H groups in total. The molecule has 0 bridgehead atoms. The first-order valence-electron chi connectivity index (χ1n) is 32.4. The quantitative estimate of drug-likeness (QED) is 0.134. The molecule has 5 aromatic rings. The van der Waals surface area contributed by atoms with Crippen molar-refractivity contribution in [2.75, 3.05) is 117 Å². The number of hydrogen-bond donors (Lipinski definition) is 0. The van der Waals surface area contributed by atoms with Gasteiger partial charge in [0.2, 0.25) is 0 Å². The first-order chi connectivity index (χ1) is 40.0. The highest BCUT2D eigenvalue weighted by molar-refractivity contribution is 5.53. The third-order valence-corrected chi connectivity index (χ3v) is 16.8. The number of pyridine rings is 4. The van der Waals surface area contributed by atoms with E-state index in [0.717, 1.165) is 102 Å². The summed E-state index contributed by atoms with van der Waals surface area (Å²) >= 11 is 0. The van der Waals surface area contributed by atoms with Crippen LogP contribution in [0.4, 0.5) is 5.69 Å². The molecular weight excluding hydrogens is 1050 g/mol. The summed E-state index contributed by atoms with van der Waals surface area (Å²) in [4.78, 5) is 29.9. The first kappa shape index (κ1) is 70.9. The molecule has 11 heteroatoms. The minimum absolute atomic E-state index is 0.176. The van der Waals surface area contributed by atoms with Crippen LogP contribution >= 0.6 is 0 Å². The summed E-state index contributed by atoms with van der Waals surface area (Å²) < 4.78 is 10.7. The molecule has 4 aliphatic heterocycles. The Morgan fingerprint density at radius 3 is 1.45 bits per heavy atom. The zero-order valence-electron chi connectivity index (χ0n) is 57.1. The SMILES string of the molecule is CC(C)(C)c1ccnc(/C=C/CN2CCOCC2)c1.CC(C)(C)c1ccnc(CCCN2CCOCC2)c1.CCc1cc(N2CCC(N3CCN(C)CC3)CC2)ccc1C(C)(C)C.Cc1cc(C(C)(C)C)ccn1.Cc1cc(C(C)(C)C)ccn1. The molecule has 8 heterocycles. The zero-order chi connectivity index (χ0) is 62.4.